The van der Waals surface area contributed by atoms with Crippen LogP contribution in [0, 0.1) is 17.7 Å². The van der Waals surface area contributed by atoms with E-state index in [0.717, 1.165) is 0 Å². The number of carbonyl (C=O) groups is 1. The molecule has 1 aromatic carbocycles. The zero-order chi connectivity index (χ0) is 14.4. The summed E-state index contributed by atoms with van der Waals surface area (Å²) in [5, 5.41) is 6.24. The van der Waals surface area contributed by atoms with E-state index in [1.165, 1.54) is 17.4 Å². The van der Waals surface area contributed by atoms with Gasteiger partial charge in [-0.15, -0.1) is 0 Å². The van der Waals surface area contributed by atoms with Crippen LogP contribution in [-0.2, 0) is 6.54 Å². The minimum absolute atomic E-state index is 0.124. The molecule has 2 rings (SSSR count). The second-order valence-electron chi connectivity index (χ2n) is 4.01. The normalized spacial score (nSPS) is 9.70. The summed E-state index contributed by atoms with van der Waals surface area (Å²) < 4.78 is 13.7. The van der Waals surface area contributed by atoms with E-state index < -0.39 is 0 Å². The van der Waals surface area contributed by atoms with Gasteiger partial charge >= 0.3 is 0 Å². The van der Waals surface area contributed by atoms with E-state index in [-0.39, 0.29) is 24.8 Å². The van der Waals surface area contributed by atoms with Crippen molar-refractivity contribution in [2.24, 2.45) is 5.73 Å². The van der Waals surface area contributed by atoms with Crippen LogP contribution in [0.5, 0.6) is 0 Å². The third kappa shape index (κ3) is 3.67. The Balaban J connectivity index is 2.07. The van der Waals surface area contributed by atoms with Crippen molar-refractivity contribution in [2.45, 2.75) is 6.54 Å². The Labute approximate surface area is 120 Å². The third-order valence-electron chi connectivity index (χ3n) is 2.60. The molecule has 0 bridgehead atoms. The second-order valence-corrected chi connectivity index (χ2v) is 4.79. The number of carbonyl (C=O) groups excluding carboxylic acids is 1. The molecule has 0 spiro atoms. The van der Waals surface area contributed by atoms with Gasteiger partial charge < -0.3 is 11.1 Å². The van der Waals surface area contributed by atoms with Gasteiger partial charge in [-0.25, -0.2) is 4.39 Å². The van der Waals surface area contributed by atoms with Crippen molar-refractivity contribution in [1.82, 2.24) is 5.32 Å². The molecule has 1 aromatic heterocycles. The number of benzene rings is 1. The summed E-state index contributed by atoms with van der Waals surface area (Å²) in [6, 6.07) is 6.26. The summed E-state index contributed by atoms with van der Waals surface area (Å²) in [6.07, 6.45) is 0. The lowest BCUT2D eigenvalue weighted by Gasteiger charge is -2.06. The highest BCUT2D eigenvalue weighted by atomic mass is 32.1. The quantitative estimate of drug-likeness (QED) is 0.850. The molecule has 2 aromatic rings. The van der Waals surface area contributed by atoms with Crippen LogP contribution in [-0.4, -0.2) is 12.5 Å². The predicted molar refractivity (Wildman–Crippen MR) is 77.8 cm³/mol. The van der Waals surface area contributed by atoms with Crippen molar-refractivity contribution < 1.29 is 9.18 Å². The van der Waals surface area contributed by atoms with Gasteiger partial charge in [-0.1, -0.05) is 11.8 Å². The van der Waals surface area contributed by atoms with Crippen LogP contribution in [0.3, 0.4) is 0 Å². The van der Waals surface area contributed by atoms with Gasteiger partial charge in [0.25, 0.3) is 5.91 Å². The molecular formula is C15H13FN2OS. The number of nitrogens with one attached hydrogen (secondary N) is 1. The van der Waals surface area contributed by atoms with E-state index in [2.05, 4.69) is 17.2 Å². The summed E-state index contributed by atoms with van der Waals surface area (Å²) in [5.74, 6) is 4.96. The molecule has 0 radical (unpaired) electrons. The molecule has 20 heavy (non-hydrogen) atoms. The monoisotopic (exact) mass is 288 g/mol. The Morgan fingerprint density at radius 2 is 2.25 bits per heavy atom. The molecule has 1 amide bonds. The Hall–Kier alpha value is -2.16. The number of rotatable bonds is 3. The molecule has 0 atom stereocenters. The van der Waals surface area contributed by atoms with Crippen LogP contribution >= 0.6 is 11.3 Å². The first-order chi connectivity index (χ1) is 9.70. The zero-order valence-electron chi connectivity index (χ0n) is 10.7. The van der Waals surface area contributed by atoms with Gasteiger partial charge in [0, 0.05) is 28.6 Å². The van der Waals surface area contributed by atoms with Crippen molar-refractivity contribution in [3.8, 4) is 11.8 Å². The lowest BCUT2D eigenvalue weighted by atomic mass is 10.1. The summed E-state index contributed by atoms with van der Waals surface area (Å²) >= 11 is 1.44. The fourth-order valence-corrected chi connectivity index (χ4v) is 2.25. The summed E-state index contributed by atoms with van der Waals surface area (Å²) in [7, 11) is 0. The SMILES string of the molecule is NCC#Cc1ccc(F)c(CNC(=O)c2ccsc2)c1. The van der Waals surface area contributed by atoms with Gasteiger partial charge in [-0.3, -0.25) is 4.79 Å². The highest BCUT2D eigenvalue weighted by molar-refractivity contribution is 7.08. The predicted octanol–water partition coefficient (Wildman–Crippen LogP) is 2.13. The minimum atomic E-state index is -0.367. The van der Waals surface area contributed by atoms with E-state index >= 15 is 0 Å². The lowest BCUT2D eigenvalue weighted by Crippen LogP contribution is -2.22. The van der Waals surface area contributed by atoms with E-state index in [1.807, 2.05) is 5.38 Å². The topological polar surface area (TPSA) is 55.1 Å². The average Bonchev–Trinajstić information content (AvgIpc) is 2.99. The van der Waals surface area contributed by atoms with E-state index in [4.69, 9.17) is 5.73 Å². The van der Waals surface area contributed by atoms with Gasteiger partial charge in [0.1, 0.15) is 5.82 Å². The first kappa shape index (κ1) is 14.3. The van der Waals surface area contributed by atoms with Gasteiger partial charge in [0.15, 0.2) is 0 Å². The van der Waals surface area contributed by atoms with Gasteiger partial charge in [0.2, 0.25) is 0 Å². The summed E-state index contributed by atoms with van der Waals surface area (Å²) in [4.78, 5) is 11.8. The number of thiophene rings is 1. The maximum Gasteiger partial charge on any atom is 0.252 e. The molecule has 5 heteroatoms. The number of hydrogen-bond donors (Lipinski definition) is 2. The molecular weight excluding hydrogens is 275 g/mol. The first-order valence-electron chi connectivity index (χ1n) is 5.98. The maximum atomic E-state index is 13.7. The number of nitrogens with two attached hydrogens (primary N) is 1. The van der Waals surface area contributed by atoms with Crippen LogP contribution in [0.25, 0.3) is 0 Å². The van der Waals surface area contributed by atoms with E-state index in [0.29, 0.717) is 16.7 Å². The van der Waals surface area contributed by atoms with Gasteiger partial charge in [-0.05, 0) is 29.6 Å². The largest absolute Gasteiger partial charge is 0.348 e. The highest BCUT2D eigenvalue weighted by Crippen LogP contribution is 2.11. The maximum absolute atomic E-state index is 13.7. The molecule has 0 aliphatic carbocycles. The Bertz CT molecular complexity index is 656. The van der Waals surface area contributed by atoms with E-state index in [9.17, 15) is 9.18 Å². The first-order valence-corrected chi connectivity index (χ1v) is 6.92. The summed E-state index contributed by atoms with van der Waals surface area (Å²) in [6.45, 7) is 0.375. The van der Waals surface area contributed by atoms with Crippen molar-refractivity contribution in [3.05, 3.63) is 57.5 Å². The Kier molecular flexibility index (Phi) is 4.88. The number of amides is 1. The van der Waals surface area contributed by atoms with Crippen molar-refractivity contribution in [2.75, 3.05) is 6.54 Å². The zero-order valence-corrected chi connectivity index (χ0v) is 11.5. The van der Waals surface area contributed by atoms with Crippen molar-refractivity contribution >= 4 is 17.2 Å². The van der Waals surface area contributed by atoms with Gasteiger partial charge in [0.05, 0.1) is 6.54 Å². The molecule has 3 nitrogen and oxygen atoms in total. The van der Waals surface area contributed by atoms with Crippen LogP contribution in [0.15, 0.2) is 35.0 Å². The lowest BCUT2D eigenvalue weighted by molar-refractivity contribution is 0.0951. The molecule has 0 unspecified atom stereocenters. The number of halogens is 1. The molecule has 1 heterocycles. The van der Waals surface area contributed by atoms with E-state index in [1.54, 1.807) is 23.6 Å². The second kappa shape index (κ2) is 6.85. The molecule has 0 saturated carbocycles. The standard InChI is InChI=1S/C15H13FN2OS/c16-14-4-3-11(2-1-6-17)8-13(14)9-18-15(19)12-5-7-20-10-12/h3-5,7-8,10H,6,9,17H2,(H,18,19). The van der Waals surface area contributed by atoms with Crippen LogP contribution in [0.4, 0.5) is 4.39 Å². The van der Waals surface area contributed by atoms with Crippen molar-refractivity contribution in [3.63, 3.8) is 0 Å². The fraction of sp³-hybridized carbons (Fsp3) is 0.133. The molecule has 102 valence electrons. The highest BCUT2D eigenvalue weighted by Gasteiger charge is 2.08. The molecule has 0 saturated heterocycles. The molecule has 0 fully saturated rings. The van der Waals surface area contributed by atoms with Crippen molar-refractivity contribution in [1.29, 1.82) is 0 Å². The smallest absolute Gasteiger partial charge is 0.252 e. The number of hydrogen-bond acceptors (Lipinski definition) is 3. The fourth-order valence-electron chi connectivity index (χ4n) is 1.61. The van der Waals surface area contributed by atoms with Crippen LogP contribution in [0.1, 0.15) is 21.5 Å². The molecule has 0 aliphatic rings. The molecule has 0 aliphatic heterocycles. The van der Waals surface area contributed by atoms with Crippen LogP contribution < -0.4 is 11.1 Å². The minimum Gasteiger partial charge on any atom is -0.348 e. The third-order valence-corrected chi connectivity index (χ3v) is 3.29. The Morgan fingerprint density at radius 1 is 1.40 bits per heavy atom. The van der Waals surface area contributed by atoms with Crippen LogP contribution in [0.2, 0.25) is 0 Å². The molecule has 3 N–H and O–H groups in total. The Morgan fingerprint density at radius 3 is 2.95 bits per heavy atom. The average molecular weight is 288 g/mol. The summed E-state index contributed by atoms with van der Waals surface area (Å²) in [5.41, 5.74) is 6.95. The van der Waals surface area contributed by atoms with Gasteiger partial charge in [-0.2, -0.15) is 11.3 Å².